The smallest absolute Gasteiger partial charge is 0.354 e. The van der Waals surface area contributed by atoms with Crippen LogP contribution in [0, 0.1) is 5.82 Å². The maximum Gasteiger partial charge on any atom is 0.419 e. The van der Waals surface area contributed by atoms with Crippen molar-refractivity contribution in [2.45, 2.75) is 51.7 Å². The van der Waals surface area contributed by atoms with Gasteiger partial charge in [-0.25, -0.2) is 9.37 Å². The third-order valence-electron chi connectivity index (χ3n) is 4.95. The molecule has 2 aromatic rings. The van der Waals surface area contributed by atoms with Crippen LogP contribution in [-0.2, 0) is 17.4 Å². The zero-order valence-electron chi connectivity index (χ0n) is 17.4. The standard InChI is InChI=1S/C21H25F4N5O/c1-3-5-14-11-19(30-9-4-6-16(12-30)26-13(2)31)29-20(27-14)28-15-7-8-18(22)17(10-15)21(23,24)25/h7-8,10-11,16H,3-6,9,12H2,1-2H3,(H,26,31)(H,27,28,29)/t16-/m1/s1. The number of rotatable bonds is 6. The first-order valence-electron chi connectivity index (χ1n) is 10.2. The highest BCUT2D eigenvalue weighted by molar-refractivity contribution is 5.73. The van der Waals surface area contributed by atoms with Gasteiger partial charge in [0, 0.05) is 43.5 Å². The molecule has 0 spiro atoms. The highest BCUT2D eigenvalue weighted by Gasteiger charge is 2.34. The first-order valence-corrected chi connectivity index (χ1v) is 10.2. The number of alkyl halides is 3. The Hall–Kier alpha value is -2.91. The second kappa shape index (κ2) is 9.49. The highest BCUT2D eigenvalue weighted by atomic mass is 19.4. The number of nitrogens with one attached hydrogen (secondary N) is 2. The monoisotopic (exact) mass is 439 g/mol. The number of aromatic nitrogens is 2. The number of benzene rings is 1. The van der Waals surface area contributed by atoms with E-state index in [1.807, 2.05) is 17.9 Å². The fraction of sp³-hybridized carbons (Fsp3) is 0.476. The summed E-state index contributed by atoms with van der Waals surface area (Å²) in [4.78, 5) is 22.3. The lowest BCUT2D eigenvalue weighted by molar-refractivity contribution is -0.140. The lowest BCUT2D eigenvalue weighted by Crippen LogP contribution is -2.47. The van der Waals surface area contributed by atoms with E-state index in [4.69, 9.17) is 0 Å². The Morgan fingerprint density at radius 3 is 2.71 bits per heavy atom. The van der Waals surface area contributed by atoms with Crippen LogP contribution in [0.4, 0.5) is 35.0 Å². The predicted octanol–water partition coefficient (Wildman–Crippen LogP) is 4.44. The minimum absolute atomic E-state index is 0.00121. The molecule has 0 bridgehead atoms. The first kappa shape index (κ1) is 22.8. The Morgan fingerprint density at radius 2 is 2.03 bits per heavy atom. The second-order valence-corrected chi connectivity index (χ2v) is 7.59. The molecule has 0 unspecified atom stereocenters. The van der Waals surface area contributed by atoms with Gasteiger partial charge in [-0.15, -0.1) is 0 Å². The van der Waals surface area contributed by atoms with Gasteiger partial charge < -0.3 is 15.5 Å². The van der Waals surface area contributed by atoms with E-state index >= 15 is 0 Å². The SMILES string of the molecule is CCCc1cc(N2CCC[C@@H](NC(C)=O)C2)nc(Nc2ccc(F)c(C(F)(F)F)c2)n1. The van der Waals surface area contributed by atoms with Crippen LogP contribution in [-0.4, -0.2) is 35.0 Å². The number of carbonyl (C=O) groups excluding carboxylic acids is 1. The van der Waals surface area contributed by atoms with Crippen molar-refractivity contribution >= 4 is 23.4 Å². The topological polar surface area (TPSA) is 70.2 Å². The number of aryl methyl sites for hydroxylation is 1. The number of hydrogen-bond donors (Lipinski definition) is 2. The van der Waals surface area contributed by atoms with E-state index in [0.29, 0.717) is 24.8 Å². The third-order valence-corrected chi connectivity index (χ3v) is 4.95. The van der Waals surface area contributed by atoms with Crippen LogP contribution < -0.4 is 15.5 Å². The second-order valence-electron chi connectivity index (χ2n) is 7.59. The summed E-state index contributed by atoms with van der Waals surface area (Å²) in [5.74, 6) is -0.659. The number of amides is 1. The van der Waals surface area contributed by atoms with Gasteiger partial charge in [-0.3, -0.25) is 4.79 Å². The number of hydrogen-bond acceptors (Lipinski definition) is 5. The zero-order chi connectivity index (χ0) is 22.6. The summed E-state index contributed by atoms with van der Waals surface area (Å²) in [6.45, 7) is 4.80. The maximum absolute atomic E-state index is 13.6. The predicted molar refractivity (Wildman–Crippen MR) is 110 cm³/mol. The molecule has 1 atom stereocenters. The quantitative estimate of drug-likeness (QED) is 0.652. The van der Waals surface area contributed by atoms with E-state index in [1.165, 1.54) is 13.0 Å². The molecule has 6 nitrogen and oxygen atoms in total. The van der Waals surface area contributed by atoms with Gasteiger partial charge in [0.1, 0.15) is 11.6 Å². The number of piperidine rings is 1. The van der Waals surface area contributed by atoms with E-state index < -0.39 is 17.6 Å². The fourth-order valence-electron chi connectivity index (χ4n) is 3.63. The molecule has 0 radical (unpaired) electrons. The van der Waals surface area contributed by atoms with E-state index in [1.54, 1.807) is 0 Å². The van der Waals surface area contributed by atoms with Crippen LogP contribution in [0.3, 0.4) is 0 Å². The Labute approximate surface area is 178 Å². The van der Waals surface area contributed by atoms with Gasteiger partial charge in [-0.05, 0) is 37.5 Å². The largest absolute Gasteiger partial charge is 0.419 e. The van der Waals surface area contributed by atoms with Crippen molar-refractivity contribution in [3.63, 3.8) is 0 Å². The molecular formula is C21H25F4N5O. The van der Waals surface area contributed by atoms with Crippen molar-refractivity contribution in [3.05, 3.63) is 41.3 Å². The third kappa shape index (κ3) is 6.05. The molecule has 1 aliphatic rings. The average Bonchev–Trinajstić information content (AvgIpc) is 2.68. The van der Waals surface area contributed by atoms with Gasteiger partial charge in [0.25, 0.3) is 0 Å². The molecule has 1 amide bonds. The molecule has 1 aromatic carbocycles. The lowest BCUT2D eigenvalue weighted by Gasteiger charge is -2.34. The van der Waals surface area contributed by atoms with Gasteiger partial charge in [-0.2, -0.15) is 18.2 Å². The Kier molecular flexibility index (Phi) is 6.97. The van der Waals surface area contributed by atoms with Crippen LogP contribution in [0.2, 0.25) is 0 Å². The zero-order valence-corrected chi connectivity index (χ0v) is 17.4. The summed E-state index contributed by atoms with van der Waals surface area (Å²) >= 11 is 0. The molecule has 31 heavy (non-hydrogen) atoms. The maximum atomic E-state index is 13.6. The summed E-state index contributed by atoms with van der Waals surface area (Å²) in [5.41, 5.74) is -0.561. The number of anilines is 3. The van der Waals surface area contributed by atoms with Gasteiger partial charge in [0.05, 0.1) is 5.56 Å². The van der Waals surface area contributed by atoms with Crippen LogP contribution >= 0.6 is 0 Å². The summed E-state index contributed by atoms with van der Waals surface area (Å²) in [7, 11) is 0. The van der Waals surface area contributed by atoms with E-state index in [9.17, 15) is 22.4 Å². The minimum atomic E-state index is -4.80. The van der Waals surface area contributed by atoms with Crippen LogP contribution in [0.5, 0.6) is 0 Å². The highest BCUT2D eigenvalue weighted by Crippen LogP contribution is 2.33. The Morgan fingerprint density at radius 1 is 1.26 bits per heavy atom. The number of halogens is 4. The van der Waals surface area contributed by atoms with Crippen LogP contribution in [0.15, 0.2) is 24.3 Å². The van der Waals surface area contributed by atoms with Crippen LogP contribution in [0.25, 0.3) is 0 Å². The fourth-order valence-corrected chi connectivity index (χ4v) is 3.63. The summed E-state index contributed by atoms with van der Waals surface area (Å²) in [6, 6.07) is 4.55. The van der Waals surface area contributed by atoms with Crippen molar-refractivity contribution in [2.24, 2.45) is 0 Å². The molecule has 0 saturated carbocycles. The minimum Gasteiger partial charge on any atom is -0.354 e. The molecule has 168 valence electrons. The molecule has 10 heteroatoms. The molecule has 1 aliphatic heterocycles. The molecule has 1 saturated heterocycles. The van der Waals surface area contributed by atoms with Gasteiger partial charge in [0.15, 0.2) is 0 Å². The number of carbonyl (C=O) groups is 1. The van der Waals surface area contributed by atoms with Crippen molar-refractivity contribution in [2.75, 3.05) is 23.3 Å². The van der Waals surface area contributed by atoms with Crippen molar-refractivity contribution < 1.29 is 22.4 Å². The van der Waals surface area contributed by atoms with E-state index in [0.717, 1.165) is 37.6 Å². The molecule has 2 heterocycles. The van der Waals surface area contributed by atoms with Crippen molar-refractivity contribution in [1.29, 1.82) is 0 Å². The Balaban J connectivity index is 1.88. The molecule has 1 fully saturated rings. The molecule has 0 aliphatic carbocycles. The van der Waals surface area contributed by atoms with Crippen molar-refractivity contribution in [1.82, 2.24) is 15.3 Å². The Bertz CT molecular complexity index is 934. The van der Waals surface area contributed by atoms with Gasteiger partial charge >= 0.3 is 6.18 Å². The summed E-state index contributed by atoms with van der Waals surface area (Å²) < 4.78 is 52.7. The van der Waals surface area contributed by atoms with Gasteiger partial charge in [-0.1, -0.05) is 13.3 Å². The normalized spacial score (nSPS) is 16.8. The average molecular weight is 439 g/mol. The van der Waals surface area contributed by atoms with Gasteiger partial charge in [0.2, 0.25) is 11.9 Å². The first-order chi connectivity index (χ1) is 14.7. The van der Waals surface area contributed by atoms with E-state index in [-0.39, 0.29) is 23.6 Å². The lowest BCUT2D eigenvalue weighted by atomic mass is 10.1. The van der Waals surface area contributed by atoms with Crippen molar-refractivity contribution in [3.8, 4) is 0 Å². The van der Waals surface area contributed by atoms with Crippen LogP contribution in [0.1, 0.15) is 44.4 Å². The number of nitrogens with zero attached hydrogens (tertiary/aromatic N) is 3. The molecule has 3 rings (SSSR count). The molecular weight excluding hydrogens is 414 g/mol. The van der Waals surface area contributed by atoms with E-state index in [2.05, 4.69) is 20.6 Å². The summed E-state index contributed by atoms with van der Waals surface area (Å²) in [6.07, 6.45) is -1.56. The molecule has 2 N–H and O–H groups in total. The molecule has 1 aromatic heterocycles. The summed E-state index contributed by atoms with van der Waals surface area (Å²) in [5, 5.41) is 5.70.